The number of carbonyl (C=O) groups is 2. The van der Waals surface area contributed by atoms with Crippen molar-refractivity contribution >= 4 is 68.2 Å². The van der Waals surface area contributed by atoms with Gasteiger partial charge in [-0.15, -0.1) is 0 Å². The van der Waals surface area contributed by atoms with Crippen molar-refractivity contribution in [1.29, 1.82) is 0 Å². The summed E-state index contributed by atoms with van der Waals surface area (Å²) >= 11 is 18.0. The molecule has 3 rings (SSSR count). The monoisotopic (exact) mass is 592 g/mol. The van der Waals surface area contributed by atoms with E-state index in [4.69, 9.17) is 44.7 Å². The van der Waals surface area contributed by atoms with Crippen molar-refractivity contribution in [2.75, 3.05) is 36.8 Å². The van der Waals surface area contributed by atoms with Crippen LogP contribution in [0.1, 0.15) is 0 Å². The van der Waals surface area contributed by atoms with Gasteiger partial charge in [0.1, 0.15) is 4.90 Å². The molecular formula is C19H18Cl3F3N4O6S. The number of halogens is 6. The van der Waals surface area contributed by atoms with Crippen LogP contribution in [0.15, 0.2) is 35.2 Å². The van der Waals surface area contributed by atoms with Crippen LogP contribution in [0.2, 0.25) is 15.1 Å². The summed E-state index contributed by atoms with van der Waals surface area (Å²) in [5.41, 5.74) is 0.123. The van der Waals surface area contributed by atoms with E-state index in [0.29, 0.717) is 13.1 Å². The minimum Gasteiger partial charge on any atom is -0.504 e. The molecule has 0 unspecified atom stereocenters. The summed E-state index contributed by atoms with van der Waals surface area (Å²) in [7, 11) is -4.05. The molecule has 10 nitrogen and oxygen atoms in total. The van der Waals surface area contributed by atoms with Crippen molar-refractivity contribution in [1.82, 2.24) is 9.62 Å². The number of aliphatic carboxylic acids is 1. The molecule has 1 heterocycles. The Morgan fingerprint density at radius 2 is 1.53 bits per heavy atom. The van der Waals surface area contributed by atoms with Gasteiger partial charge in [-0.1, -0.05) is 40.9 Å². The van der Waals surface area contributed by atoms with Gasteiger partial charge in [0.05, 0.1) is 26.4 Å². The van der Waals surface area contributed by atoms with Gasteiger partial charge in [0.2, 0.25) is 10.0 Å². The predicted octanol–water partition coefficient (Wildman–Crippen LogP) is 4.22. The van der Waals surface area contributed by atoms with Crippen molar-refractivity contribution in [3.8, 4) is 5.75 Å². The largest absolute Gasteiger partial charge is 0.504 e. The molecule has 0 radical (unpaired) electrons. The van der Waals surface area contributed by atoms with Crippen LogP contribution in [-0.4, -0.2) is 67.3 Å². The lowest BCUT2D eigenvalue weighted by Gasteiger charge is -2.27. The highest BCUT2D eigenvalue weighted by Crippen LogP contribution is 2.39. The summed E-state index contributed by atoms with van der Waals surface area (Å²) in [5, 5.41) is 25.9. The number of rotatable bonds is 4. The molecule has 36 heavy (non-hydrogen) atoms. The topological polar surface area (TPSA) is 148 Å². The molecule has 0 spiro atoms. The van der Waals surface area contributed by atoms with Gasteiger partial charge >= 0.3 is 18.2 Å². The molecule has 198 valence electrons. The van der Waals surface area contributed by atoms with E-state index >= 15 is 0 Å². The van der Waals surface area contributed by atoms with Gasteiger partial charge in [0.15, 0.2) is 5.75 Å². The van der Waals surface area contributed by atoms with Gasteiger partial charge in [-0.2, -0.15) is 17.5 Å². The number of alkyl halides is 3. The number of benzene rings is 2. The lowest BCUT2D eigenvalue weighted by Crippen LogP contribution is -2.46. The molecule has 0 atom stereocenters. The fraction of sp³-hybridized carbons (Fsp3) is 0.263. The zero-order valence-electron chi connectivity index (χ0n) is 17.9. The molecule has 1 saturated heterocycles. The smallest absolute Gasteiger partial charge is 0.490 e. The molecule has 1 fully saturated rings. The fourth-order valence-corrected chi connectivity index (χ4v) is 5.17. The van der Waals surface area contributed by atoms with Gasteiger partial charge in [-0.25, -0.2) is 18.0 Å². The molecule has 0 aromatic heterocycles. The van der Waals surface area contributed by atoms with Crippen LogP contribution in [0.5, 0.6) is 5.75 Å². The van der Waals surface area contributed by atoms with Crippen LogP contribution in [0.25, 0.3) is 0 Å². The summed E-state index contributed by atoms with van der Waals surface area (Å²) in [6.45, 7) is 1.45. The Morgan fingerprint density at radius 3 is 2.08 bits per heavy atom. The van der Waals surface area contributed by atoms with Crippen molar-refractivity contribution in [2.24, 2.45) is 0 Å². The number of nitrogens with one attached hydrogen (secondary N) is 3. The van der Waals surface area contributed by atoms with E-state index in [1.807, 2.05) is 0 Å². The van der Waals surface area contributed by atoms with Crippen LogP contribution < -0.4 is 16.0 Å². The van der Waals surface area contributed by atoms with Crippen molar-refractivity contribution in [2.45, 2.75) is 11.1 Å². The first-order valence-electron chi connectivity index (χ1n) is 9.70. The third-order valence-corrected chi connectivity index (χ3v) is 7.67. The maximum atomic E-state index is 12.9. The lowest BCUT2D eigenvalue weighted by molar-refractivity contribution is -0.192. The van der Waals surface area contributed by atoms with Gasteiger partial charge in [-0.3, -0.25) is 0 Å². The first kappa shape index (κ1) is 29.7. The third kappa shape index (κ3) is 7.51. The Hall–Kier alpha value is -2.49. The van der Waals surface area contributed by atoms with Crippen molar-refractivity contribution in [3.63, 3.8) is 0 Å². The molecule has 1 aliphatic rings. The zero-order valence-corrected chi connectivity index (χ0v) is 21.0. The minimum atomic E-state index is -5.08. The number of hydrogen-bond donors (Lipinski definition) is 5. The summed E-state index contributed by atoms with van der Waals surface area (Å²) in [5.74, 6) is -3.41. The minimum absolute atomic E-state index is 0.126. The van der Waals surface area contributed by atoms with E-state index in [0.717, 1.165) is 0 Å². The fourth-order valence-electron chi connectivity index (χ4n) is 2.78. The van der Waals surface area contributed by atoms with Crippen LogP contribution in [-0.2, 0) is 14.8 Å². The van der Waals surface area contributed by atoms with Gasteiger partial charge < -0.3 is 26.2 Å². The SMILES string of the molecule is O=C(Nc1ccc(Cl)c(S(=O)(=O)N2CCNCC2)c1O)Nc1cccc(Cl)c1Cl.O=C(O)C(F)(F)F. The molecule has 0 bridgehead atoms. The zero-order chi connectivity index (χ0) is 27.3. The Bertz CT molecular complexity index is 1240. The second-order valence-corrected chi connectivity index (χ2v) is 9.98. The summed E-state index contributed by atoms with van der Waals surface area (Å²) < 4.78 is 58.8. The van der Waals surface area contributed by atoms with Crippen molar-refractivity contribution in [3.05, 3.63) is 45.4 Å². The average Bonchev–Trinajstić information content (AvgIpc) is 2.79. The molecule has 5 N–H and O–H groups in total. The van der Waals surface area contributed by atoms with E-state index in [-0.39, 0.29) is 39.5 Å². The normalized spacial score (nSPS) is 14.4. The summed E-state index contributed by atoms with van der Waals surface area (Å²) in [6.07, 6.45) is -5.08. The number of hydrogen-bond acceptors (Lipinski definition) is 6. The predicted molar refractivity (Wildman–Crippen MR) is 128 cm³/mol. The number of amides is 2. The summed E-state index contributed by atoms with van der Waals surface area (Å²) in [4.78, 5) is 20.7. The number of carboxylic acids is 1. The van der Waals surface area contributed by atoms with Gasteiger partial charge in [0.25, 0.3) is 0 Å². The average molecular weight is 594 g/mol. The van der Waals surface area contributed by atoms with E-state index < -0.39 is 38.8 Å². The van der Waals surface area contributed by atoms with Gasteiger partial charge in [0, 0.05) is 26.2 Å². The van der Waals surface area contributed by atoms with Crippen LogP contribution >= 0.6 is 34.8 Å². The Labute approximate surface area is 218 Å². The first-order valence-corrected chi connectivity index (χ1v) is 12.3. The Balaban J connectivity index is 0.000000572. The number of sulfonamides is 1. The highest BCUT2D eigenvalue weighted by atomic mass is 35.5. The van der Waals surface area contributed by atoms with E-state index in [9.17, 15) is 31.5 Å². The maximum Gasteiger partial charge on any atom is 0.490 e. The molecule has 0 saturated carbocycles. The molecule has 2 aromatic rings. The van der Waals surface area contributed by atoms with Crippen LogP contribution in [0.3, 0.4) is 0 Å². The number of carbonyl (C=O) groups excluding carboxylic acids is 1. The molecule has 1 aliphatic heterocycles. The number of aromatic hydroxyl groups is 1. The van der Waals surface area contributed by atoms with Crippen molar-refractivity contribution < 1.29 is 41.4 Å². The Kier molecular flexibility index (Phi) is 10.0. The quantitative estimate of drug-likeness (QED) is 0.333. The molecule has 0 aliphatic carbocycles. The molecule has 2 amide bonds. The van der Waals surface area contributed by atoms with E-state index in [1.54, 1.807) is 12.1 Å². The lowest BCUT2D eigenvalue weighted by atomic mass is 10.3. The Morgan fingerprint density at radius 1 is 0.972 bits per heavy atom. The highest BCUT2D eigenvalue weighted by Gasteiger charge is 2.38. The third-order valence-electron chi connectivity index (χ3n) is 4.45. The van der Waals surface area contributed by atoms with Crippen LogP contribution in [0, 0.1) is 0 Å². The molecule has 17 heteroatoms. The molecule has 2 aromatic carbocycles. The first-order chi connectivity index (χ1) is 16.7. The summed E-state index contributed by atoms with van der Waals surface area (Å²) in [6, 6.07) is 6.53. The number of phenols is 1. The standard InChI is InChI=1S/C17H17Cl3N4O4S.C2HF3O2/c18-10-2-1-3-12(14(10)20)22-17(26)23-13-5-4-11(19)16(15(13)25)29(27,28)24-8-6-21-7-9-24;3-2(4,5)1(6)7/h1-5,21,25H,6-9H2,(H2,22,23,26);(H,6,7). The van der Waals surface area contributed by atoms with Crippen LogP contribution in [0.4, 0.5) is 29.3 Å². The maximum absolute atomic E-state index is 12.9. The highest BCUT2D eigenvalue weighted by molar-refractivity contribution is 7.89. The number of urea groups is 1. The number of piperazine rings is 1. The second kappa shape index (κ2) is 12.2. The number of anilines is 2. The number of carboxylic acid groups (broad SMARTS) is 1. The molecular weight excluding hydrogens is 576 g/mol. The van der Waals surface area contributed by atoms with E-state index in [1.165, 1.54) is 22.5 Å². The number of nitrogens with zero attached hydrogens (tertiary/aromatic N) is 1. The second-order valence-electron chi connectivity index (χ2n) is 6.91. The number of phenolic OH excluding ortho intramolecular Hbond substituents is 1. The van der Waals surface area contributed by atoms with E-state index in [2.05, 4.69) is 16.0 Å². The van der Waals surface area contributed by atoms with Gasteiger partial charge in [-0.05, 0) is 24.3 Å².